The van der Waals surface area contributed by atoms with Crippen LogP contribution in [0.1, 0.15) is 11.1 Å². The Kier molecular flexibility index (Phi) is 3.71. The summed E-state index contributed by atoms with van der Waals surface area (Å²) in [7, 11) is 0. The van der Waals surface area contributed by atoms with Gasteiger partial charge in [0.05, 0.1) is 11.2 Å². The van der Waals surface area contributed by atoms with Crippen molar-refractivity contribution < 1.29 is 4.79 Å². The molecular weight excluding hydrogens is 272 g/mol. The Hall–Kier alpha value is -2.94. The van der Waals surface area contributed by atoms with Crippen molar-refractivity contribution in [2.24, 2.45) is 0 Å². The number of anilines is 1. The molecule has 0 unspecified atom stereocenters. The molecule has 22 heavy (non-hydrogen) atoms. The van der Waals surface area contributed by atoms with Crippen LogP contribution in [0.3, 0.4) is 0 Å². The predicted molar refractivity (Wildman–Crippen MR) is 90.6 cm³/mol. The van der Waals surface area contributed by atoms with Gasteiger partial charge in [-0.2, -0.15) is 0 Å². The number of hydrogen-bond acceptors (Lipinski definition) is 2. The first-order chi connectivity index (χ1) is 10.7. The minimum Gasteiger partial charge on any atom is -0.320 e. The summed E-state index contributed by atoms with van der Waals surface area (Å²) in [6, 6.07) is 17.3. The predicted octanol–water partition coefficient (Wildman–Crippen LogP) is 4.20. The third kappa shape index (κ3) is 2.61. The smallest absolute Gasteiger partial charge is 0.255 e. The van der Waals surface area contributed by atoms with E-state index >= 15 is 0 Å². The molecule has 0 radical (unpaired) electrons. The molecule has 0 spiro atoms. The molecule has 1 N–H and O–H groups in total. The van der Waals surface area contributed by atoms with Crippen LogP contribution in [-0.4, -0.2) is 10.9 Å². The summed E-state index contributed by atoms with van der Waals surface area (Å²) in [5.74, 6) is -0.215. The number of aryl methyl sites for hydroxylation is 1. The molecular formula is C19H16N2O. The summed E-state index contributed by atoms with van der Waals surface area (Å²) < 4.78 is 0. The molecule has 108 valence electrons. The number of hydrogen-bond donors (Lipinski definition) is 1. The van der Waals surface area contributed by atoms with Crippen molar-refractivity contribution in [3.8, 4) is 0 Å². The molecule has 3 aromatic rings. The van der Waals surface area contributed by atoms with E-state index in [1.165, 1.54) is 0 Å². The van der Waals surface area contributed by atoms with E-state index in [9.17, 15) is 4.79 Å². The Morgan fingerprint density at radius 2 is 1.82 bits per heavy atom. The molecule has 3 rings (SSSR count). The van der Waals surface area contributed by atoms with Crippen LogP contribution in [0.15, 0.2) is 67.4 Å². The summed E-state index contributed by atoms with van der Waals surface area (Å²) in [4.78, 5) is 16.8. The highest BCUT2D eigenvalue weighted by atomic mass is 16.1. The highest BCUT2D eigenvalue weighted by molar-refractivity contribution is 6.25. The Morgan fingerprint density at radius 1 is 1.05 bits per heavy atom. The van der Waals surface area contributed by atoms with Crippen molar-refractivity contribution in [2.75, 3.05) is 5.32 Å². The van der Waals surface area contributed by atoms with Crippen LogP contribution in [0, 0.1) is 6.92 Å². The zero-order valence-electron chi connectivity index (χ0n) is 12.3. The van der Waals surface area contributed by atoms with E-state index in [1.54, 1.807) is 6.20 Å². The number of benzene rings is 2. The van der Waals surface area contributed by atoms with Gasteiger partial charge in [-0.05, 0) is 30.2 Å². The SMILES string of the molecule is C=C(C(=O)Nc1cccc2cccnc12)c1ccccc1C. The lowest BCUT2D eigenvalue weighted by Crippen LogP contribution is -2.14. The number of carbonyl (C=O) groups is 1. The second kappa shape index (κ2) is 5.82. The number of pyridine rings is 1. The zero-order valence-corrected chi connectivity index (χ0v) is 12.3. The van der Waals surface area contributed by atoms with Crippen molar-refractivity contribution >= 4 is 28.1 Å². The van der Waals surface area contributed by atoms with Crippen molar-refractivity contribution in [3.05, 3.63) is 78.5 Å². The number of para-hydroxylation sites is 1. The fourth-order valence-electron chi connectivity index (χ4n) is 2.44. The van der Waals surface area contributed by atoms with E-state index in [0.717, 1.165) is 22.0 Å². The van der Waals surface area contributed by atoms with Gasteiger partial charge in [-0.25, -0.2) is 0 Å². The highest BCUT2D eigenvalue weighted by Crippen LogP contribution is 2.23. The number of rotatable bonds is 3. The molecule has 0 aliphatic carbocycles. The van der Waals surface area contributed by atoms with Crippen molar-refractivity contribution in [1.29, 1.82) is 0 Å². The quantitative estimate of drug-likeness (QED) is 0.734. The van der Waals surface area contributed by atoms with Gasteiger partial charge in [0.2, 0.25) is 0 Å². The van der Waals surface area contributed by atoms with Crippen LogP contribution in [0.2, 0.25) is 0 Å². The number of amides is 1. The molecule has 0 saturated heterocycles. The monoisotopic (exact) mass is 288 g/mol. The fourth-order valence-corrected chi connectivity index (χ4v) is 2.44. The van der Waals surface area contributed by atoms with E-state index in [4.69, 9.17) is 0 Å². The van der Waals surface area contributed by atoms with E-state index in [0.29, 0.717) is 11.3 Å². The first kappa shape index (κ1) is 14.0. The minimum absolute atomic E-state index is 0.215. The van der Waals surface area contributed by atoms with E-state index in [1.807, 2.05) is 61.5 Å². The molecule has 1 amide bonds. The molecule has 0 saturated carbocycles. The second-order valence-electron chi connectivity index (χ2n) is 5.13. The molecule has 0 fully saturated rings. The molecule has 2 aromatic carbocycles. The number of aromatic nitrogens is 1. The van der Waals surface area contributed by atoms with Crippen LogP contribution in [0.4, 0.5) is 5.69 Å². The summed E-state index contributed by atoms with van der Waals surface area (Å²) >= 11 is 0. The lowest BCUT2D eigenvalue weighted by Gasteiger charge is -2.11. The van der Waals surface area contributed by atoms with Gasteiger partial charge in [-0.1, -0.05) is 49.0 Å². The number of fused-ring (bicyclic) bond motifs is 1. The molecule has 0 aliphatic rings. The van der Waals surface area contributed by atoms with Gasteiger partial charge in [0.1, 0.15) is 0 Å². The average Bonchev–Trinajstić information content (AvgIpc) is 2.55. The van der Waals surface area contributed by atoms with Gasteiger partial charge in [0, 0.05) is 17.2 Å². The first-order valence-corrected chi connectivity index (χ1v) is 7.07. The van der Waals surface area contributed by atoms with Crippen LogP contribution in [0.25, 0.3) is 16.5 Å². The maximum Gasteiger partial charge on any atom is 0.255 e. The van der Waals surface area contributed by atoms with E-state index in [-0.39, 0.29) is 5.91 Å². The van der Waals surface area contributed by atoms with Crippen molar-refractivity contribution in [3.63, 3.8) is 0 Å². The first-order valence-electron chi connectivity index (χ1n) is 7.07. The fraction of sp³-hybridized carbons (Fsp3) is 0.0526. The van der Waals surface area contributed by atoms with Gasteiger partial charge in [-0.3, -0.25) is 9.78 Å². The van der Waals surface area contributed by atoms with Crippen LogP contribution < -0.4 is 5.32 Å². The average molecular weight is 288 g/mol. The third-order valence-corrected chi connectivity index (χ3v) is 3.63. The minimum atomic E-state index is -0.215. The topological polar surface area (TPSA) is 42.0 Å². The summed E-state index contributed by atoms with van der Waals surface area (Å²) in [5, 5.41) is 3.90. The van der Waals surface area contributed by atoms with Crippen LogP contribution in [0.5, 0.6) is 0 Å². The lowest BCUT2D eigenvalue weighted by molar-refractivity contribution is -0.111. The van der Waals surface area contributed by atoms with Gasteiger partial charge in [0.15, 0.2) is 0 Å². The lowest BCUT2D eigenvalue weighted by atomic mass is 10.0. The van der Waals surface area contributed by atoms with E-state index < -0.39 is 0 Å². The second-order valence-corrected chi connectivity index (χ2v) is 5.13. The van der Waals surface area contributed by atoms with Gasteiger partial charge < -0.3 is 5.32 Å². The molecule has 0 aliphatic heterocycles. The molecule has 0 bridgehead atoms. The summed E-state index contributed by atoms with van der Waals surface area (Å²) in [6.07, 6.45) is 1.72. The van der Waals surface area contributed by atoms with Gasteiger partial charge in [-0.15, -0.1) is 0 Å². The summed E-state index contributed by atoms with van der Waals surface area (Å²) in [5.41, 5.74) is 3.80. The number of carbonyl (C=O) groups excluding carboxylic acids is 1. The Labute approximate surface area is 129 Å². The molecule has 3 heteroatoms. The Balaban J connectivity index is 1.91. The summed E-state index contributed by atoms with van der Waals surface area (Å²) in [6.45, 7) is 5.90. The Morgan fingerprint density at radius 3 is 2.64 bits per heavy atom. The molecule has 0 atom stereocenters. The van der Waals surface area contributed by atoms with Crippen LogP contribution >= 0.6 is 0 Å². The maximum absolute atomic E-state index is 12.5. The molecule has 3 nitrogen and oxygen atoms in total. The largest absolute Gasteiger partial charge is 0.320 e. The molecule has 1 heterocycles. The van der Waals surface area contributed by atoms with Crippen LogP contribution in [-0.2, 0) is 4.79 Å². The van der Waals surface area contributed by atoms with Crippen molar-refractivity contribution in [1.82, 2.24) is 4.98 Å². The van der Waals surface area contributed by atoms with Crippen molar-refractivity contribution in [2.45, 2.75) is 6.92 Å². The normalized spacial score (nSPS) is 10.4. The highest BCUT2D eigenvalue weighted by Gasteiger charge is 2.13. The zero-order chi connectivity index (χ0) is 15.5. The number of nitrogens with zero attached hydrogens (tertiary/aromatic N) is 1. The third-order valence-electron chi connectivity index (χ3n) is 3.63. The maximum atomic E-state index is 12.5. The van der Waals surface area contributed by atoms with Gasteiger partial charge in [0.25, 0.3) is 5.91 Å². The Bertz CT molecular complexity index is 863. The number of nitrogens with one attached hydrogen (secondary N) is 1. The van der Waals surface area contributed by atoms with E-state index in [2.05, 4.69) is 16.9 Å². The molecule has 1 aromatic heterocycles. The van der Waals surface area contributed by atoms with Gasteiger partial charge >= 0.3 is 0 Å². The standard InChI is InChI=1S/C19H16N2O/c1-13-7-3-4-10-16(13)14(2)19(22)21-17-11-5-8-15-9-6-12-20-18(15)17/h3-12H,2H2,1H3,(H,21,22).